The lowest BCUT2D eigenvalue weighted by atomic mass is 9.98. The zero-order chi connectivity index (χ0) is 14.5. The molecule has 0 aliphatic heterocycles. The zero-order valence-corrected chi connectivity index (χ0v) is 11.6. The number of pyridine rings is 1. The molecular formula is C13H21N3O3. The molecule has 0 atom stereocenters. The van der Waals surface area contributed by atoms with Gasteiger partial charge in [-0.05, 0) is 18.6 Å². The second-order valence-electron chi connectivity index (χ2n) is 4.70. The Bertz CT molecular complexity index is 423. The third-order valence-corrected chi connectivity index (χ3v) is 3.13. The van der Waals surface area contributed by atoms with Gasteiger partial charge in [0, 0.05) is 25.9 Å². The lowest BCUT2D eigenvalue weighted by molar-refractivity contribution is 0.0653. The van der Waals surface area contributed by atoms with Crippen molar-refractivity contribution in [3.8, 4) is 0 Å². The number of aliphatic hydroxyl groups excluding tert-OH is 2. The molecule has 0 unspecified atom stereocenters. The highest BCUT2D eigenvalue weighted by atomic mass is 16.3. The number of hydrogen-bond acceptors (Lipinski definition) is 5. The lowest BCUT2D eigenvalue weighted by Gasteiger charge is -2.29. The molecular weight excluding hydrogens is 246 g/mol. The van der Waals surface area contributed by atoms with E-state index in [1.54, 1.807) is 30.2 Å². The monoisotopic (exact) mass is 267 g/mol. The predicted molar refractivity (Wildman–Crippen MR) is 73.2 cm³/mol. The average Bonchev–Trinajstić information content (AvgIpc) is 2.45. The summed E-state index contributed by atoms with van der Waals surface area (Å²) in [6, 6.07) is 3.25. The quantitative estimate of drug-likeness (QED) is 0.676. The van der Waals surface area contributed by atoms with Crippen LogP contribution in [0.15, 0.2) is 18.3 Å². The number of carbonyl (C=O) groups excluding carboxylic acids is 1. The fraction of sp³-hybridized carbons (Fsp3) is 0.538. The summed E-state index contributed by atoms with van der Waals surface area (Å²) in [5.41, 5.74) is -0.544. The van der Waals surface area contributed by atoms with Crippen LogP contribution in [0.25, 0.3) is 0 Å². The van der Waals surface area contributed by atoms with Crippen LogP contribution >= 0.6 is 0 Å². The van der Waals surface area contributed by atoms with Gasteiger partial charge in [-0.1, -0.05) is 6.92 Å². The molecule has 1 aromatic heterocycles. The van der Waals surface area contributed by atoms with E-state index < -0.39 is 5.54 Å². The van der Waals surface area contributed by atoms with Gasteiger partial charge in [-0.15, -0.1) is 0 Å². The van der Waals surface area contributed by atoms with Crippen molar-refractivity contribution >= 4 is 11.7 Å². The van der Waals surface area contributed by atoms with Crippen LogP contribution in [0, 0.1) is 0 Å². The van der Waals surface area contributed by atoms with Crippen molar-refractivity contribution in [1.82, 2.24) is 10.3 Å². The number of carbonyl (C=O) groups is 1. The molecule has 1 rings (SSSR count). The highest BCUT2D eigenvalue weighted by molar-refractivity contribution is 5.95. The van der Waals surface area contributed by atoms with E-state index in [1.165, 1.54) is 0 Å². The van der Waals surface area contributed by atoms with Gasteiger partial charge in [-0.2, -0.15) is 0 Å². The molecule has 0 aliphatic carbocycles. The number of anilines is 1. The van der Waals surface area contributed by atoms with Gasteiger partial charge >= 0.3 is 0 Å². The Morgan fingerprint density at radius 3 is 2.53 bits per heavy atom. The van der Waals surface area contributed by atoms with Gasteiger partial charge in [0.15, 0.2) is 0 Å². The molecule has 0 saturated heterocycles. The molecule has 0 bridgehead atoms. The maximum absolute atomic E-state index is 12.1. The minimum Gasteiger partial charge on any atom is -0.394 e. The highest BCUT2D eigenvalue weighted by Crippen LogP contribution is 2.13. The largest absolute Gasteiger partial charge is 0.394 e. The Labute approximate surface area is 113 Å². The Morgan fingerprint density at radius 1 is 1.42 bits per heavy atom. The SMILES string of the molecule is CCC(CO)(CO)NC(=O)c1ccnc(N(C)C)c1. The summed E-state index contributed by atoms with van der Waals surface area (Å²) in [5.74, 6) is 0.332. The molecule has 0 aliphatic rings. The van der Waals surface area contributed by atoms with Crippen molar-refractivity contribution in [2.75, 3.05) is 32.2 Å². The van der Waals surface area contributed by atoms with E-state index in [1.807, 2.05) is 14.1 Å². The summed E-state index contributed by atoms with van der Waals surface area (Å²) >= 11 is 0. The molecule has 6 nitrogen and oxygen atoms in total. The van der Waals surface area contributed by atoms with Crippen molar-refractivity contribution in [3.63, 3.8) is 0 Å². The normalized spacial score (nSPS) is 11.2. The number of aliphatic hydroxyl groups is 2. The number of amides is 1. The van der Waals surface area contributed by atoms with E-state index in [0.717, 1.165) is 0 Å². The van der Waals surface area contributed by atoms with Crippen molar-refractivity contribution in [2.45, 2.75) is 18.9 Å². The highest BCUT2D eigenvalue weighted by Gasteiger charge is 2.29. The number of nitrogens with zero attached hydrogens (tertiary/aromatic N) is 2. The van der Waals surface area contributed by atoms with E-state index >= 15 is 0 Å². The molecule has 106 valence electrons. The molecule has 0 aromatic carbocycles. The average molecular weight is 267 g/mol. The van der Waals surface area contributed by atoms with Crippen LogP contribution in [-0.2, 0) is 0 Å². The topological polar surface area (TPSA) is 85.7 Å². The summed E-state index contributed by atoms with van der Waals surface area (Å²) in [6.07, 6.45) is 1.99. The zero-order valence-electron chi connectivity index (χ0n) is 11.6. The van der Waals surface area contributed by atoms with Gasteiger partial charge in [0.25, 0.3) is 5.91 Å². The minimum atomic E-state index is -0.987. The Kier molecular flexibility index (Phi) is 5.26. The van der Waals surface area contributed by atoms with Gasteiger partial charge in [-0.25, -0.2) is 4.98 Å². The number of rotatable bonds is 6. The molecule has 0 saturated carbocycles. The second-order valence-corrected chi connectivity index (χ2v) is 4.70. The van der Waals surface area contributed by atoms with Crippen LogP contribution in [0.5, 0.6) is 0 Å². The summed E-state index contributed by atoms with van der Waals surface area (Å²) < 4.78 is 0. The van der Waals surface area contributed by atoms with Gasteiger partial charge in [0.2, 0.25) is 0 Å². The maximum Gasteiger partial charge on any atom is 0.252 e. The first-order chi connectivity index (χ1) is 8.98. The first-order valence-corrected chi connectivity index (χ1v) is 6.15. The first-order valence-electron chi connectivity index (χ1n) is 6.15. The van der Waals surface area contributed by atoms with Crippen molar-refractivity contribution in [2.24, 2.45) is 0 Å². The van der Waals surface area contributed by atoms with Gasteiger partial charge in [0.05, 0.1) is 18.8 Å². The van der Waals surface area contributed by atoms with Gasteiger partial charge in [-0.3, -0.25) is 4.79 Å². The van der Waals surface area contributed by atoms with E-state index in [-0.39, 0.29) is 19.1 Å². The standard InChI is InChI=1S/C13H21N3O3/c1-4-13(8-17,9-18)15-12(19)10-5-6-14-11(7-10)16(2)3/h5-7,17-18H,4,8-9H2,1-3H3,(H,15,19). The lowest BCUT2D eigenvalue weighted by Crippen LogP contribution is -2.53. The summed E-state index contributed by atoms with van der Waals surface area (Å²) in [4.78, 5) is 18.1. The number of hydrogen-bond donors (Lipinski definition) is 3. The van der Waals surface area contributed by atoms with Crippen LogP contribution in [0.3, 0.4) is 0 Å². The van der Waals surface area contributed by atoms with Crippen LogP contribution in [0.4, 0.5) is 5.82 Å². The fourth-order valence-electron chi connectivity index (χ4n) is 1.56. The molecule has 19 heavy (non-hydrogen) atoms. The summed E-state index contributed by atoms with van der Waals surface area (Å²) in [7, 11) is 3.67. The molecule has 1 heterocycles. The molecule has 0 fully saturated rings. The predicted octanol–water partition coefficient (Wildman–Crippen LogP) is 0.0108. The molecule has 0 radical (unpaired) electrons. The Balaban J connectivity index is 2.91. The molecule has 1 aromatic rings. The van der Waals surface area contributed by atoms with Crippen LogP contribution in [0.1, 0.15) is 23.7 Å². The van der Waals surface area contributed by atoms with Gasteiger partial charge < -0.3 is 20.4 Å². The fourth-order valence-corrected chi connectivity index (χ4v) is 1.56. The van der Waals surface area contributed by atoms with Gasteiger partial charge in [0.1, 0.15) is 5.82 Å². The first kappa shape index (κ1) is 15.4. The number of nitrogens with one attached hydrogen (secondary N) is 1. The van der Waals surface area contributed by atoms with E-state index in [9.17, 15) is 15.0 Å². The van der Waals surface area contributed by atoms with Crippen LogP contribution < -0.4 is 10.2 Å². The molecule has 1 amide bonds. The van der Waals surface area contributed by atoms with Crippen LogP contribution in [0.2, 0.25) is 0 Å². The van der Waals surface area contributed by atoms with Crippen molar-refractivity contribution < 1.29 is 15.0 Å². The molecule has 3 N–H and O–H groups in total. The van der Waals surface area contributed by atoms with Crippen molar-refractivity contribution in [1.29, 1.82) is 0 Å². The van der Waals surface area contributed by atoms with E-state index in [0.29, 0.717) is 17.8 Å². The van der Waals surface area contributed by atoms with Crippen molar-refractivity contribution in [3.05, 3.63) is 23.9 Å². The minimum absolute atomic E-state index is 0.308. The van der Waals surface area contributed by atoms with Crippen LogP contribution in [-0.4, -0.2) is 54.0 Å². The Morgan fingerprint density at radius 2 is 2.05 bits per heavy atom. The Hall–Kier alpha value is -1.66. The number of aromatic nitrogens is 1. The molecule has 6 heteroatoms. The third kappa shape index (κ3) is 3.65. The maximum atomic E-state index is 12.1. The summed E-state index contributed by atoms with van der Waals surface area (Å²) in [5, 5.41) is 21.3. The second kappa shape index (κ2) is 6.49. The smallest absolute Gasteiger partial charge is 0.252 e. The third-order valence-electron chi connectivity index (χ3n) is 3.13. The van der Waals surface area contributed by atoms with E-state index in [2.05, 4.69) is 10.3 Å². The molecule has 0 spiro atoms. The summed E-state index contributed by atoms with van der Waals surface area (Å²) in [6.45, 7) is 1.18. The van der Waals surface area contributed by atoms with E-state index in [4.69, 9.17) is 0 Å².